The highest BCUT2D eigenvalue weighted by molar-refractivity contribution is 7.98. The first-order valence-electron chi connectivity index (χ1n) is 6.75. The summed E-state index contributed by atoms with van der Waals surface area (Å²) >= 11 is 1.82. The summed E-state index contributed by atoms with van der Waals surface area (Å²) in [7, 11) is 0. The lowest BCUT2D eigenvalue weighted by Gasteiger charge is -2.01. The molecule has 3 nitrogen and oxygen atoms in total. The molecule has 100 valence electrons. The SMILES string of the molecule is Cc1ccc(SCc2ncc(CNC3CC3)[nH]2)cc1. The number of aromatic nitrogens is 2. The Morgan fingerprint density at radius 1 is 1.32 bits per heavy atom. The zero-order valence-electron chi connectivity index (χ0n) is 11.1. The molecule has 0 aliphatic heterocycles. The van der Waals surface area contributed by atoms with Gasteiger partial charge in [0.15, 0.2) is 0 Å². The van der Waals surface area contributed by atoms with Crippen molar-refractivity contribution >= 4 is 11.8 Å². The predicted molar refractivity (Wildman–Crippen MR) is 79.2 cm³/mol. The number of hydrogen-bond acceptors (Lipinski definition) is 3. The van der Waals surface area contributed by atoms with Gasteiger partial charge in [-0.05, 0) is 31.9 Å². The molecule has 4 heteroatoms. The van der Waals surface area contributed by atoms with Crippen molar-refractivity contribution < 1.29 is 0 Å². The van der Waals surface area contributed by atoms with E-state index in [1.165, 1.54) is 29.0 Å². The first-order valence-corrected chi connectivity index (χ1v) is 7.74. The molecule has 0 radical (unpaired) electrons. The van der Waals surface area contributed by atoms with E-state index in [9.17, 15) is 0 Å². The second-order valence-electron chi connectivity index (χ2n) is 5.11. The third-order valence-electron chi connectivity index (χ3n) is 3.24. The molecule has 0 spiro atoms. The van der Waals surface area contributed by atoms with Crippen LogP contribution >= 0.6 is 11.8 Å². The summed E-state index contributed by atoms with van der Waals surface area (Å²) in [5, 5.41) is 3.49. The number of nitrogens with zero attached hydrogens (tertiary/aromatic N) is 1. The van der Waals surface area contributed by atoms with Gasteiger partial charge < -0.3 is 10.3 Å². The van der Waals surface area contributed by atoms with Gasteiger partial charge in [0.05, 0.1) is 5.75 Å². The first-order chi connectivity index (χ1) is 9.29. The standard InChI is InChI=1S/C15H19N3S/c1-11-2-6-14(7-3-11)19-10-15-17-9-13(18-15)8-16-12-4-5-12/h2-3,6-7,9,12,16H,4-5,8,10H2,1H3,(H,17,18). The zero-order chi connectivity index (χ0) is 13.1. The lowest BCUT2D eigenvalue weighted by Crippen LogP contribution is -2.15. The van der Waals surface area contributed by atoms with Crippen molar-refractivity contribution in [3.63, 3.8) is 0 Å². The zero-order valence-corrected chi connectivity index (χ0v) is 12.0. The Bertz CT molecular complexity index is 529. The molecule has 1 aliphatic rings. The molecule has 3 rings (SSSR count). The number of hydrogen-bond donors (Lipinski definition) is 2. The molecule has 0 saturated heterocycles. The van der Waals surface area contributed by atoms with Crippen LogP contribution in [0.2, 0.25) is 0 Å². The summed E-state index contributed by atoms with van der Waals surface area (Å²) in [5.41, 5.74) is 2.49. The van der Waals surface area contributed by atoms with Crippen LogP contribution in [0.4, 0.5) is 0 Å². The smallest absolute Gasteiger partial charge is 0.116 e. The Balaban J connectivity index is 1.50. The highest BCUT2D eigenvalue weighted by Gasteiger charge is 2.20. The summed E-state index contributed by atoms with van der Waals surface area (Å²) in [5.74, 6) is 1.95. The van der Waals surface area contributed by atoms with E-state index in [4.69, 9.17) is 0 Å². The van der Waals surface area contributed by atoms with Gasteiger partial charge in [-0.15, -0.1) is 11.8 Å². The minimum absolute atomic E-state index is 0.744. The number of H-pyrrole nitrogens is 1. The van der Waals surface area contributed by atoms with E-state index in [-0.39, 0.29) is 0 Å². The van der Waals surface area contributed by atoms with Gasteiger partial charge in [-0.1, -0.05) is 17.7 Å². The van der Waals surface area contributed by atoms with Crippen molar-refractivity contribution in [2.45, 2.75) is 43.0 Å². The lowest BCUT2D eigenvalue weighted by molar-refractivity contribution is 0.676. The average molecular weight is 273 g/mol. The van der Waals surface area contributed by atoms with Crippen molar-refractivity contribution in [1.29, 1.82) is 0 Å². The third-order valence-corrected chi connectivity index (χ3v) is 4.26. The average Bonchev–Trinajstić information content (AvgIpc) is 3.15. The summed E-state index contributed by atoms with van der Waals surface area (Å²) in [6.45, 7) is 3.02. The van der Waals surface area contributed by atoms with Crippen LogP contribution in [0, 0.1) is 6.92 Å². The molecular weight excluding hydrogens is 254 g/mol. The molecule has 1 aromatic carbocycles. The molecule has 1 aromatic heterocycles. The molecule has 1 heterocycles. The molecule has 0 amide bonds. The van der Waals surface area contributed by atoms with Crippen molar-refractivity contribution in [1.82, 2.24) is 15.3 Å². The second kappa shape index (κ2) is 5.80. The number of imidazole rings is 1. The maximum atomic E-state index is 4.43. The van der Waals surface area contributed by atoms with Gasteiger partial charge in [0.25, 0.3) is 0 Å². The normalized spacial score (nSPS) is 14.8. The maximum absolute atomic E-state index is 4.43. The molecule has 0 unspecified atom stereocenters. The van der Waals surface area contributed by atoms with Crippen LogP contribution in [0.25, 0.3) is 0 Å². The van der Waals surface area contributed by atoms with Gasteiger partial charge in [-0.2, -0.15) is 0 Å². The Morgan fingerprint density at radius 2 is 2.11 bits per heavy atom. The van der Waals surface area contributed by atoms with Gasteiger partial charge in [0, 0.05) is 29.4 Å². The summed E-state index contributed by atoms with van der Waals surface area (Å²) in [6.07, 6.45) is 4.59. The van der Waals surface area contributed by atoms with Crippen LogP contribution in [-0.4, -0.2) is 16.0 Å². The number of rotatable bonds is 6. The maximum Gasteiger partial charge on any atom is 0.116 e. The topological polar surface area (TPSA) is 40.7 Å². The van der Waals surface area contributed by atoms with E-state index in [0.29, 0.717) is 0 Å². The summed E-state index contributed by atoms with van der Waals surface area (Å²) < 4.78 is 0. The largest absolute Gasteiger partial charge is 0.344 e. The van der Waals surface area contributed by atoms with Crippen LogP contribution in [0.1, 0.15) is 29.9 Å². The van der Waals surface area contributed by atoms with Gasteiger partial charge in [-0.3, -0.25) is 0 Å². The predicted octanol–water partition coefficient (Wildman–Crippen LogP) is 3.26. The van der Waals surface area contributed by atoms with Crippen molar-refractivity contribution in [2.24, 2.45) is 0 Å². The highest BCUT2D eigenvalue weighted by Crippen LogP contribution is 2.22. The number of aryl methyl sites for hydroxylation is 1. The number of thioether (sulfide) groups is 1. The van der Waals surface area contributed by atoms with E-state index >= 15 is 0 Å². The highest BCUT2D eigenvalue weighted by atomic mass is 32.2. The summed E-state index contributed by atoms with van der Waals surface area (Å²) in [4.78, 5) is 9.11. The summed E-state index contributed by atoms with van der Waals surface area (Å²) in [6, 6.07) is 9.37. The number of benzene rings is 1. The Hall–Kier alpha value is -1.26. The molecule has 0 atom stereocenters. The van der Waals surface area contributed by atoms with E-state index < -0.39 is 0 Å². The van der Waals surface area contributed by atoms with Crippen LogP contribution in [0.5, 0.6) is 0 Å². The fraction of sp³-hybridized carbons (Fsp3) is 0.400. The molecule has 1 fully saturated rings. The Labute approximate surface area is 118 Å². The lowest BCUT2D eigenvalue weighted by atomic mass is 10.2. The first kappa shape index (κ1) is 12.8. The monoisotopic (exact) mass is 273 g/mol. The van der Waals surface area contributed by atoms with Crippen LogP contribution in [0.15, 0.2) is 35.4 Å². The fourth-order valence-corrected chi connectivity index (χ4v) is 2.68. The number of aromatic amines is 1. The van der Waals surface area contributed by atoms with Crippen LogP contribution in [0.3, 0.4) is 0 Å². The molecule has 1 aliphatic carbocycles. The quantitative estimate of drug-likeness (QED) is 0.794. The fourth-order valence-electron chi connectivity index (χ4n) is 1.90. The van der Waals surface area contributed by atoms with E-state index in [1.807, 2.05) is 18.0 Å². The van der Waals surface area contributed by atoms with Gasteiger partial charge in [0.1, 0.15) is 5.82 Å². The molecule has 19 heavy (non-hydrogen) atoms. The Morgan fingerprint density at radius 3 is 2.84 bits per heavy atom. The molecule has 2 aromatic rings. The minimum atomic E-state index is 0.744. The van der Waals surface area contributed by atoms with Gasteiger partial charge in [0.2, 0.25) is 0 Å². The number of nitrogens with one attached hydrogen (secondary N) is 2. The van der Waals surface area contributed by atoms with Gasteiger partial charge in [-0.25, -0.2) is 4.98 Å². The second-order valence-corrected chi connectivity index (χ2v) is 6.16. The third kappa shape index (κ3) is 3.85. The molecule has 1 saturated carbocycles. The minimum Gasteiger partial charge on any atom is -0.344 e. The van der Waals surface area contributed by atoms with Crippen LogP contribution in [-0.2, 0) is 12.3 Å². The van der Waals surface area contributed by atoms with Crippen LogP contribution < -0.4 is 5.32 Å². The molecule has 0 bridgehead atoms. The van der Waals surface area contributed by atoms with Crippen molar-refractivity contribution in [3.05, 3.63) is 47.5 Å². The van der Waals surface area contributed by atoms with E-state index in [2.05, 4.69) is 46.5 Å². The molecular formula is C15H19N3S. The van der Waals surface area contributed by atoms with Gasteiger partial charge >= 0.3 is 0 Å². The Kier molecular flexibility index (Phi) is 3.89. The van der Waals surface area contributed by atoms with Crippen molar-refractivity contribution in [2.75, 3.05) is 0 Å². The van der Waals surface area contributed by atoms with Crippen molar-refractivity contribution in [3.8, 4) is 0 Å². The molecule has 2 N–H and O–H groups in total. The van der Waals surface area contributed by atoms with E-state index in [0.717, 1.165) is 24.2 Å². The van der Waals surface area contributed by atoms with E-state index in [1.54, 1.807) is 0 Å².